The molecule has 0 atom stereocenters. The molecule has 1 amide bonds. The maximum Gasteiger partial charge on any atom is 0.255 e. The van der Waals surface area contributed by atoms with Crippen LogP contribution in [0.25, 0.3) is 0 Å². The molecule has 1 aliphatic rings. The average molecular weight is 375 g/mol. The molecule has 0 unspecified atom stereocenters. The second kappa shape index (κ2) is 8.21. The van der Waals surface area contributed by atoms with E-state index in [-0.39, 0.29) is 11.7 Å². The Balaban J connectivity index is 1.34. The van der Waals surface area contributed by atoms with Crippen LogP contribution in [0.2, 0.25) is 0 Å². The Bertz CT molecular complexity index is 972. The highest BCUT2D eigenvalue weighted by Crippen LogP contribution is 2.20. The first-order chi connectivity index (χ1) is 13.7. The van der Waals surface area contributed by atoms with Gasteiger partial charge < -0.3 is 10.2 Å². The Morgan fingerprint density at radius 2 is 1.82 bits per heavy atom. The summed E-state index contributed by atoms with van der Waals surface area (Å²) in [4.78, 5) is 19.0. The minimum absolute atomic E-state index is 0.0000836. The van der Waals surface area contributed by atoms with Gasteiger partial charge >= 0.3 is 0 Å². The summed E-state index contributed by atoms with van der Waals surface area (Å²) in [5.41, 5.74) is 3.78. The predicted molar refractivity (Wildman–Crippen MR) is 108 cm³/mol. The van der Waals surface area contributed by atoms with Crippen LogP contribution >= 0.6 is 0 Å². The summed E-state index contributed by atoms with van der Waals surface area (Å²) in [6.07, 6.45) is 3.06. The molecule has 2 heterocycles. The van der Waals surface area contributed by atoms with Crippen molar-refractivity contribution in [3.05, 3.63) is 94.9 Å². The van der Waals surface area contributed by atoms with Crippen LogP contribution in [-0.4, -0.2) is 28.9 Å². The quantitative estimate of drug-likeness (QED) is 0.731. The Morgan fingerprint density at radius 1 is 1.04 bits per heavy atom. The number of benzene rings is 2. The van der Waals surface area contributed by atoms with Crippen LogP contribution in [0.3, 0.4) is 0 Å². The van der Waals surface area contributed by atoms with Crippen molar-refractivity contribution in [1.82, 2.24) is 9.88 Å². The van der Waals surface area contributed by atoms with E-state index in [0.29, 0.717) is 36.5 Å². The van der Waals surface area contributed by atoms with E-state index in [1.54, 1.807) is 30.5 Å². The van der Waals surface area contributed by atoms with Crippen molar-refractivity contribution < 1.29 is 9.18 Å². The van der Waals surface area contributed by atoms with Crippen LogP contribution in [0.5, 0.6) is 0 Å². The molecule has 0 aliphatic carbocycles. The number of anilines is 1. The van der Waals surface area contributed by atoms with Crippen molar-refractivity contribution >= 4 is 11.7 Å². The van der Waals surface area contributed by atoms with Crippen molar-refractivity contribution in [3.63, 3.8) is 0 Å². The molecule has 0 saturated heterocycles. The van der Waals surface area contributed by atoms with Crippen LogP contribution in [0.15, 0.2) is 66.9 Å². The van der Waals surface area contributed by atoms with Gasteiger partial charge in [-0.15, -0.1) is 0 Å². The molecule has 28 heavy (non-hydrogen) atoms. The molecule has 1 aromatic heterocycles. The molecule has 4 nitrogen and oxygen atoms in total. The fourth-order valence-corrected chi connectivity index (χ4v) is 3.50. The molecule has 2 aromatic carbocycles. The summed E-state index contributed by atoms with van der Waals surface area (Å²) in [5.74, 6) is 0.484. The van der Waals surface area contributed by atoms with E-state index < -0.39 is 0 Å². The second-order valence-corrected chi connectivity index (χ2v) is 6.95. The number of nitrogens with zero attached hydrogens (tertiary/aromatic N) is 2. The van der Waals surface area contributed by atoms with Gasteiger partial charge in [-0.25, -0.2) is 9.37 Å². The number of rotatable bonds is 5. The van der Waals surface area contributed by atoms with Crippen LogP contribution in [0.4, 0.5) is 10.2 Å². The highest BCUT2D eigenvalue weighted by molar-refractivity contribution is 5.94. The molecule has 5 heteroatoms. The SMILES string of the molecule is O=C(c1ccc(NCCc2ccccc2F)nc1)N1CCc2ccccc2C1. The number of carbonyl (C=O) groups is 1. The molecule has 0 radical (unpaired) electrons. The van der Waals surface area contributed by atoms with Crippen LogP contribution in [0.1, 0.15) is 27.0 Å². The number of fused-ring (bicyclic) bond motifs is 1. The Hall–Kier alpha value is -3.21. The van der Waals surface area contributed by atoms with Crippen molar-refractivity contribution in [3.8, 4) is 0 Å². The van der Waals surface area contributed by atoms with Gasteiger partial charge in [-0.05, 0) is 47.7 Å². The van der Waals surface area contributed by atoms with E-state index in [4.69, 9.17) is 0 Å². The molecular weight excluding hydrogens is 353 g/mol. The van der Waals surface area contributed by atoms with Gasteiger partial charge in [0.1, 0.15) is 11.6 Å². The number of nitrogens with one attached hydrogen (secondary N) is 1. The Kier molecular flexibility index (Phi) is 5.33. The number of carbonyl (C=O) groups excluding carboxylic acids is 1. The first-order valence-corrected chi connectivity index (χ1v) is 9.50. The summed E-state index contributed by atoms with van der Waals surface area (Å²) in [5, 5.41) is 3.18. The monoisotopic (exact) mass is 375 g/mol. The third-order valence-corrected chi connectivity index (χ3v) is 5.09. The van der Waals surface area contributed by atoms with E-state index >= 15 is 0 Å². The van der Waals surface area contributed by atoms with Gasteiger partial charge in [0.25, 0.3) is 5.91 Å². The molecule has 0 spiro atoms. The van der Waals surface area contributed by atoms with Gasteiger partial charge in [-0.1, -0.05) is 42.5 Å². The Labute approximate surface area is 164 Å². The zero-order valence-corrected chi connectivity index (χ0v) is 15.6. The molecule has 1 aliphatic heterocycles. The number of aromatic nitrogens is 1. The Morgan fingerprint density at radius 3 is 2.61 bits per heavy atom. The molecule has 0 fully saturated rings. The van der Waals surface area contributed by atoms with E-state index in [1.807, 2.05) is 23.1 Å². The third-order valence-electron chi connectivity index (χ3n) is 5.09. The molecular formula is C23H22FN3O. The smallest absolute Gasteiger partial charge is 0.255 e. The normalized spacial score (nSPS) is 13.1. The van der Waals surface area contributed by atoms with Gasteiger partial charge in [-0.2, -0.15) is 0 Å². The number of halogens is 1. The predicted octanol–water partition coefficient (Wildman–Crippen LogP) is 4.07. The average Bonchev–Trinajstić information content (AvgIpc) is 2.75. The van der Waals surface area contributed by atoms with Gasteiger partial charge in [-0.3, -0.25) is 4.79 Å². The number of hydrogen-bond donors (Lipinski definition) is 1. The number of pyridine rings is 1. The first kappa shape index (κ1) is 18.2. The maximum absolute atomic E-state index is 13.6. The minimum atomic E-state index is -0.193. The first-order valence-electron chi connectivity index (χ1n) is 9.50. The van der Waals surface area contributed by atoms with Gasteiger partial charge in [0.05, 0.1) is 5.56 Å². The van der Waals surface area contributed by atoms with Gasteiger partial charge in [0.15, 0.2) is 0 Å². The second-order valence-electron chi connectivity index (χ2n) is 6.95. The van der Waals surface area contributed by atoms with E-state index in [2.05, 4.69) is 22.4 Å². The van der Waals surface area contributed by atoms with Crippen LogP contribution in [-0.2, 0) is 19.4 Å². The van der Waals surface area contributed by atoms with Crippen molar-refractivity contribution in [2.45, 2.75) is 19.4 Å². The summed E-state index contributed by atoms with van der Waals surface area (Å²) >= 11 is 0. The van der Waals surface area contributed by atoms with Crippen LogP contribution < -0.4 is 5.32 Å². The number of amides is 1. The lowest BCUT2D eigenvalue weighted by Gasteiger charge is -2.28. The van der Waals surface area contributed by atoms with Gasteiger partial charge in [0, 0.05) is 25.8 Å². The molecule has 0 bridgehead atoms. The minimum Gasteiger partial charge on any atom is -0.370 e. The van der Waals surface area contributed by atoms with Crippen molar-refractivity contribution in [2.24, 2.45) is 0 Å². The highest BCUT2D eigenvalue weighted by Gasteiger charge is 2.21. The largest absolute Gasteiger partial charge is 0.370 e. The van der Waals surface area contributed by atoms with Crippen LogP contribution in [0, 0.1) is 5.82 Å². The summed E-state index contributed by atoms with van der Waals surface area (Å²) in [7, 11) is 0. The molecule has 142 valence electrons. The highest BCUT2D eigenvalue weighted by atomic mass is 19.1. The fourth-order valence-electron chi connectivity index (χ4n) is 3.50. The number of hydrogen-bond acceptors (Lipinski definition) is 3. The molecule has 4 rings (SSSR count). The molecule has 3 aromatic rings. The molecule has 0 saturated carbocycles. The standard InChI is InChI=1S/C23H22FN3O/c24-21-8-4-3-6-18(21)11-13-25-22-10-9-19(15-26-22)23(28)27-14-12-17-5-1-2-7-20(17)16-27/h1-10,15H,11-14,16H2,(H,25,26). The summed E-state index contributed by atoms with van der Waals surface area (Å²) in [6, 6.07) is 18.6. The zero-order chi connectivity index (χ0) is 19.3. The summed E-state index contributed by atoms with van der Waals surface area (Å²) < 4.78 is 13.6. The van der Waals surface area contributed by atoms with Gasteiger partial charge in [0.2, 0.25) is 0 Å². The lowest BCUT2D eigenvalue weighted by atomic mass is 9.99. The maximum atomic E-state index is 13.6. The van der Waals surface area contributed by atoms with E-state index in [0.717, 1.165) is 13.0 Å². The zero-order valence-electron chi connectivity index (χ0n) is 15.6. The topological polar surface area (TPSA) is 45.2 Å². The van der Waals surface area contributed by atoms with Crippen molar-refractivity contribution in [2.75, 3.05) is 18.4 Å². The van der Waals surface area contributed by atoms with E-state index in [9.17, 15) is 9.18 Å². The lowest BCUT2D eigenvalue weighted by Crippen LogP contribution is -2.36. The van der Waals surface area contributed by atoms with Crippen molar-refractivity contribution in [1.29, 1.82) is 0 Å². The molecule has 1 N–H and O–H groups in total. The lowest BCUT2D eigenvalue weighted by molar-refractivity contribution is 0.0734. The summed E-state index contributed by atoms with van der Waals surface area (Å²) in [6.45, 7) is 1.93. The third kappa shape index (κ3) is 4.03. The fraction of sp³-hybridized carbons (Fsp3) is 0.217. The van der Waals surface area contributed by atoms with E-state index in [1.165, 1.54) is 17.2 Å².